The predicted octanol–water partition coefficient (Wildman–Crippen LogP) is 0.0750. The van der Waals surface area contributed by atoms with E-state index in [1.807, 2.05) is 0 Å². The fraction of sp³-hybridized carbons (Fsp3) is 0.231. The van der Waals surface area contributed by atoms with Crippen LogP contribution in [0.15, 0.2) is 18.2 Å². The second-order valence-electron chi connectivity index (χ2n) is 4.51. The lowest BCUT2D eigenvalue weighted by atomic mass is 10.3. The van der Waals surface area contributed by atoms with Gasteiger partial charge >= 0.3 is 11.7 Å². The first-order chi connectivity index (χ1) is 11.9. The average Bonchev–Trinajstić information content (AvgIpc) is 2.56. The van der Waals surface area contributed by atoms with E-state index in [0.717, 1.165) is 0 Å². The van der Waals surface area contributed by atoms with Crippen LogP contribution < -0.4 is 20.9 Å². The van der Waals surface area contributed by atoms with E-state index in [0.29, 0.717) is 0 Å². The number of anilines is 2. The normalized spacial score (nSPS) is 10.1. The predicted molar refractivity (Wildman–Crippen MR) is 83.6 cm³/mol. The molecule has 0 fully saturated rings. The SMILES string of the molecule is COc1cc(OCC(=O)OCc2nc(N)nc(N)n2)ccc1[N+](=O)[O-]. The fourth-order valence-corrected chi connectivity index (χ4v) is 1.75. The third-order valence-corrected chi connectivity index (χ3v) is 2.78. The molecule has 0 saturated carbocycles. The fourth-order valence-electron chi connectivity index (χ4n) is 1.75. The number of methoxy groups -OCH3 is 1. The molecule has 0 saturated heterocycles. The summed E-state index contributed by atoms with van der Waals surface area (Å²) in [5, 5.41) is 10.8. The number of nitro groups is 1. The first-order valence-electron chi connectivity index (χ1n) is 6.75. The topological polar surface area (TPSA) is 179 Å². The number of esters is 1. The van der Waals surface area contributed by atoms with Crippen molar-refractivity contribution in [3.05, 3.63) is 34.1 Å². The van der Waals surface area contributed by atoms with Gasteiger partial charge in [-0.05, 0) is 6.07 Å². The molecule has 1 heterocycles. The highest BCUT2D eigenvalue weighted by atomic mass is 16.6. The Morgan fingerprint density at radius 2 is 1.92 bits per heavy atom. The minimum absolute atomic E-state index is 0.00648. The van der Waals surface area contributed by atoms with Crippen LogP contribution in [0.5, 0.6) is 11.5 Å². The Hall–Kier alpha value is -3.70. The van der Waals surface area contributed by atoms with Crippen molar-refractivity contribution in [3.8, 4) is 11.5 Å². The second kappa shape index (κ2) is 7.72. The van der Waals surface area contributed by atoms with E-state index in [2.05, 4.69) is 15.0 Å². The van der Waals surface area contributed by atoms with Gasteiger partial charge in [-0.2, -0.15) is 15.0 Å². The molecule has 25 heavy (non-hydrogen) atoms. The molecule has 0 spiro atoms. The number of nitrogen functional groups attached to an aromatic ring is 2. The summed E-state index contributed by atoms with van der Waals surface area (Å²) in [7, 11) is 1.28. The number of ether oxygens (including phenoxy) is 3. The van der Waals surface area contributed by atoms with E-state index in [4.69, 9.17) is 25.7 Å². The van der Waals surface area contributed by atoms with Gasteiger partial charge in [0.15, 0.2) is 19.0 Å². The molecule has 1 aromatic heterocycles. The maximum atomic E-state index is 11.7. The molecule has 1 aromatic carbocycles. The quantitative estimate of drug-likeness (QED) is 0.392. The van der Waals surface area contributed by atoms with Crippen molar-refractivity contribution in [2.24, 2.45) is 0 Å². The lowest BCUT2D eigenvalue weighted by molar-refractivity contribution is -0.385. The molecular weight excluding hydrogens is 336 g/mol. The Kier molecular flexibility index (Phi) is 5.45. The van der Waals surface area contributed by atoms with Gasteiger partial charge in [-0.15, -0.1) is 0 Å². The summed E-state index contributed by atoms with van der Waals surface area (Å²) in [6.45, 7) is -0.695. The molecule has 2 aromatic rings. The van der Waals surface area contributed by atoms with Crippen molar-refractivity contribution in [1.82, 2.24) is 15.0 Å². The second-order valence-corrected chi connectivity index (χ2v) is 4.51. The Bertz CT molecular complexity index is 778. The Morgan fingerprint density at radius 1 is 1.24 bits per heavy atom. The minimum Gasteiger partial charge on any atom is -0.490 e. The number of hydrogen-bond acceptors (Lipinski definition) is 11. The third-order valence-electron chi connectivity index (χ3n) is 2.78. The Labute approximate surface area is 140 Å². The summed E-state index contributed by atoms with van der Waals surface area (Å²) in [6.07, 6.45) is 0. The van der Waals surface area contributed by atoms with Crippen LogP contribution in [0.3, 0.4) is 0 Å². The molecular formula is C13H14N6O6. The minimum atomic E-state index is -0.713. The molecule has 0 radical (unpaired) electrons. The summed E-state index contributed by atoms with van der Waals surface area (Å²) < 4.78 is 15.0. The van der Waals surface area contributed by atoms with Crippen molar-refractivity contribution in [2.75, 3.05) is 25.2 Å². The molecule has 0 bridgehead atoms. The standard InChI is InChI=1S/C13H14N6O6/c1-23-9-4-7(2-3-8(9)19(21)22)24-6-11(20)25-5-10-16-12(14)18-13(15)17-10/h2-4H,5-6H2,1H3,(H4,14,15,16,17,18). The van der Waals surface area contributed by atoms with E-state index < -0.39 is 17.5 Å². The van der Waals surface area contributed by atoms with Gasteiger partial charge in [0.2, 0.25) is 17.6 Å². The van der Waals surface area contributed by atoms with Gasteiger partial charge in [-0.3, -0.25) is 10.1 Å². The smallest absolute Gasteiger partial charge is 0.344 e. The molecule has 0 aliphatic heterocycles. The van der Waals surface area contributed by atoms with Crippen LogP contribution in [-0.4, -0.2) is 39.6 Å². The maximum Gasteiger partial charge on any atom is 0.344 e. The number of nitro benzene ring substituents is 1. The number of carbonyl (C=O) groups is 1. The molecule has 4 N–H and O–H groups in total. The number of benzene rings is 1. The molecule has 0 aliphatic rings. The molecule has 12 heteroatoms. The highest BCUT2D eigenvalue weighted by molar-refractivity contribution is 5.71. The van der Waals surface area contributed by atoms with Gasteiger partial charge < -0.3 is 25.7 Å². The van der Waals surface area contributed by atoms with Crippen LogP contribution in [0.4, 0.5) is 17.6 Å². The van der Waals surface area contributed by atoms with Gasteiger partial charge in [-0.1, -0.05) is 0 Å². The van der Waals surface area contributed by atoms with Crippen LogP contribution >= 0.6 is 0 Å². The lowest BCUT2D eigenvalue weighted by Gasteiger charge is -2.08. The van der Waals surface area contributed by atoms with E-state index in [1.54, 1.807) is 0 Å². The van der Waals surface area contributed by atoms with E-state index >= 15 is 0 Å². The van der Waals surface area contributed by atoms with Crippen molar-refractivity contribution < 1.29 is 23.9 Å². The van der Waals surface area contributed by atoms with E-state index in [1.165, 1.54) is 25.3 Å². The summed E-state index contributed by atoms with van der Waals surface area (Å²) in [5.41, 5.74) is 10.6. The van der Waals surface area contributed by atoms with Gasteiger partial charge in [0, 0.05) is 12.1 Å². The Balaban J connectivity index is 1.90. The number of hydrogen-bond donors (Lipinski definition) is 2. The van der Waals surface area contributed by atoms with Crippen LogP contribution in [0, 0.1) is 10.1 Å². The lowest BCUT2D eigenvalue weighted by Crippen LogP contribution is -2.16. The molecule has 132 valence electrons. The summed E-state index contributed by atoms with van der Waals surface area (Å²) in [6, 6.07) is 3.83. The van der Waals surface area contributed by atoms with Gasteiger partial charge in [0.25, 0.3) is 0 Å². The molecule has 0 aliphatic carbocycles. The van der Waals surface area contributed by atoms with Crippen LogP contribution in [0.2, 0.25) is 0 Å². The number of aromatic nitrogens is 3. The average molecular weight is 350 g/mol. The molecule has 2 rings (SSSR count). The van der Waals surface area contributed by atoms with Crippen molar-refractivity contribution in [3.63, 3.8) is 0 Å². The zero-order valence-electron chi connectivity index (χ0n) is 13.0. The number of nitrogens with two attached hydrogens (primary N) is 2. The molecule has 12 nitrogen and oxygen atoms in total. The van der Waals surface area contributed by atoms with Crippen molar-refractivity contribution in [1.29, 1.82) is 0 Å². The highest BCUT2D eigenvalue weighted by Crippen LogP contribution is 2.30. The van der Waals surface area contributed by atoms with E-state index in [9.17, 15) is 14.9 Å². The molecule has 0 unspecified atom stereocenters. The van der Waals surface area contributed by atoms with Crippen LogP contribution in [0.1, 0.15) is 5.82 Å². The number of nitrogens with zero attached hydrogens (tertiary/aromatic N) is 4. The van der Waals surface area contributed by atoms with Crippen molar-refractivity contribution >= 4 is 23.6 Å². The summed E-state index contributed by atoms with van der Waals surface area (Å²) in [4.78, 5) is 33.0. The van der Waals surface area contributed by atoms with Gasteiger partial charge in [0.05, 0.1) is 12.0 Å². The zero-order chi connectivity index (χ0) is 18.4. The van der Waals surface area contributed by atoms with Crippen molar-refractivity contribution in [2.45, 2.75) is 6.61 Å². The monoisotopic (exact) mass is 350 g/mol. The Morgan fingerprint density at radius 3 is 2.52 bits per heavy atom. The third kappa shape index (κ3) is 4.89. The van der Waals surface area contributed by atoms with Gasteiger partial charge in [-0.25, -0.2) is 4.79 Å². The molecule has 0 amide bonds. The van der Waals surface area contributed by atoms with Crippen LogP contribution in [-0.2, 0) is 16.1 Å². The first kappa shape index (κ1) is 17.7. The van der Waals surface area contributed by atoms with Crippen LogP contribution in [0.25, 0.3) is 0 Å². The van der Waals surface area contributed by atoms with E-state index in [-0.39, 0.29) is 41.5 Å². The zero-order valence-corrected chi connectivity index (χ0v) is 13.0. The molecule has 0 atom stereocenters. The largest absolute Gasteiger partial charge is 0.490 e. The summed E-state index contributed by atoms with van der Waals surface area (Å²) in [5.74, 6) is -0.592. The number of carbonyl (C=O) groups excluding carboxylic acids is 1. The highest BCUT2D eigenvalue weighted by Gasteiger charge is 2.16. The summed E-state index contributed by atoms with van der Waals surface area (Å²) >= 11 is 0. The maximum absolute atomic E-state index is 11.7. The number of rotatable bonds is 7. The first-order valence-corrected chi connectivity index (χ1v) is 6.75. The van der Waals surface area contributed by atoms with Gasteiger partial charge in [0.1, 0.15) is 5.75 Å².